The summed E-state index contributed by atoms with van der Waals surface area (Å²) in [5.41, 5.74) is 2.22. The van der Waals surface area contributed by atoms with Gasteiger partial charge in [0.05, 0.1) is 13.4 Å². The van der Waals surface area contributed by atoms with Crippen molar-refractivity contribution in [3.63, 3.8) is 0 Å². The summed E-state index contributed by atoms with van der Waals surface area (Å²) in [5.74, 6) is -0.457. The minimum absolute atomic E-state index is 0.130. The van der Waals surface area contributed by atoms with Gasteiger partial charge in [0.25, 0.3) is 0 Å². The van der Waals surface area contributed by atoms with Crippen molar-refractivity contribution in [1.29, 1.82) is 0 Å². The number of anilines is 2. The molecule has 1 aromatic heterocycles. The molecule has 2 N–H and O–H groups in total. The first-order valence-corrected chi connectivity index (χ1v) is 6.36. The molecule has 21 heavy (non-hydrogen) atoms. The smallest absolute Gasteiger partial charge is 0.374 e. The molecular formula is C15H16N2O4. The Morgan fingerprint density at radius 2 is 2.00 bits per heavy atom. The van der Waals surface area contributed by atoms with Crippen molar-refractivity contribution >= 4 is 23.3 Å². The Labute approximate surface area is 122 Å². The van der Waals surface area contributed by atoms with Crippen LogP contribution in [0, 0.1) is 0 Å². The third-order valence-electron chi connectivity index (χ3n) is 2.78. The maximum Gasteiger partial charge on any atom is 0.374 e. The van der Waals surface area contributed by atoms with Crippen LogP contribution >= 0.6 is 0 Å². The Morgan fingerprint density at radius 3 is 2.71 bits per heavy atom. The van der Waals surface area contributed by atoms with Crippen molar-refractivity contribution in [1.82, 2.24) is 0 Å². The lowest BCUT2D eigenvalue weighted by atomic mass is 10.2. The van der Waals surface area contributed by atoms with Crippen LogP contribution in [0.4, 0.5) is 11.4 Å². The summed E-state index contributed by atoms with van der Waals surface area (Å²) in [6.45, 7) is 1.86. The molecular weight excluding hydrogens is 272 g/mol. The number of ether oxygens (including phenoxy) is 1. The number of amides is 1. The average molecular weight is 288 g/mol. The molecule has 0 aliphatic heterocycles. The fourth-order valence-corrected chi connectivity index (χ4v) is 1.85. The predicted octanol–water partition coefficient (Wildman–Crippen LogP) is 2.64. The molecule has 2 rings (SSSR count). The molecule has 1 heterocycles. The number of esters is 1. The number of rotatable bonds is 5. The van der Waals surface area contributed by atoms with Crippen LogP contribution in [0.15, 0.2) is 41.0 Å². The quantitative estimate of drug-likeness (QED) is 0.827. The van der Waals surface area contributed by atoms with Gasteiger partial charge in [-0.05, 0) is 24.3 Å². The lowest BCUT2D eigenvalue weighted by molar-refractivity contribution is -0.114. The highest BCUT2D eigenvalue weighted by Gasteiger charge is 2.15. The van der Waals surface area contributed by atoms with Crippen molar-refractivity contribution in [3.05, 3.63) is 47.9 Å². The molecule has 0 atom stereocenters. The molecule has 0 saturated carbocycles. The molecule has 1 amide bonds. The van der Waals surface area contributed by atoms with Gasteiger partial charge in [-0.2, -0.15) is 0 Å². The zero-order valence-electron chi connectivity index (χ0n) is 11.8. The van der Waals surface area contributed by atoms with Crippen molar-refractivity contribution in [3.8, 4) is 0 Å². The van der Waals surface area contributed by atoms with E-state index in [1.165, 1.54) is 20.3 Å². The van der Waals surface area contributed by atoms with Crippen LogP contribution in [0.5, 0.6) is 0 Å². The van der Waals surface area contributed by atoms with Gasteiger partial charge in [0.2, 0.25) is 11.7 Å². The topological polar surface area (TPSA) is 80.6 Å². The Morgan fingerprint density at radius 1 is 1.24 bits per heavy atom. The summed E-state index contributed by atoms with van der Waals surface area (Å²) >= 11 is 0. The Balaban J connectivity index is 2.05. The van der Waals surface area contributed by atoms with Crippen LogP contribution in [0.2, 0.25) is 0 Å². The van der Waals surface area contributed by atoms with E-state index in [-0.39, 0.29) is 11.7 Å². The van der Waals surface area contributed by atoms with Crippen LogP contribution in [-0.2, 0) is 16.1 Å². The summed E-state index contributed by atoms with van der Waals surface area (Å²) in [5, 5.41) is 5.87. The summed E-state index contributed by atoms with van der Waals surface area (Å²) in [6, 6.07) is 8.99. The van der Waals surface area contributed by atoms with Gasteiger partial charge in [-0.25, -0.2) is 4.79 Å². The van der Waals surface area contributed by atoms with Gasteiger partial charge in [0.1, 0.15) is 0 Å². The highest BCUT2D eigenvalue weighted by molar-refractivity contribution is 5.89. The molecule has 0 saturated heterocycles. The van der Waals surface area contributed by atoms with Gasteiger partial charge in [-0.1, -0.05) is 6.07 Å². The highest BCUT2D eigenvalue weighted by atomic mass is 16.5. The molecule has 0 unspecified atom stereocenters. The first kappa shape index (κ1) is 14.6. The first-order chi connectivity index (χ1) is 10.1. The van der Waals surface area contributed by atoms with Crippen molar-refractivity contribution in [2.24, 2.45) is 0 Å². The van der Waals surface area contributed by atoms with E-state index in [1.54, 1.807) is 18.2 Å². The maximum absolute atomic E-state index is 11.5. The van der Waals surface area contributed by atoms with E-state index in [2.05, 4.69) is 15.4 Å². The van der Waals surface area contributed by atoms with Crippen LogP contribution in [0.25, 0.3) is 0 Å². The van der Waals surface area contributed by atoms with Gasteiger partial charge in [-0.15, -0.1) is 0 Å². The Bertz CT molecular complexity index is 649. The summed E-state index contributed by atoms with van der Waals surface area (Å²) < 4.78 is 9.75. The number of carbonyl (C=O) groups excluding carboxylic acids is 2. The largest absolute Gasteiger partial charge is 0.463 e. The fourth-order valence-electron chi connectivity index (χ4n) is 1.85. The van der Waals surface area contributed by atoms with E-state index in [0.29, 0.717) is 17.8 Å². The molecule has 6 nitrogen and oxygen atoms in total. The molecule has 0 fully saturated rings. The zero-order chi connectivity index (χ0) is 15.2. The minimum atomic E-state index is -0.510. The molecule has 2 aromatic rings. The lowest BCUT2D eigenvalue weighted by Crippen LogP contribution is -2.08. The monoisotopic (exact) mass is 288 g/mol. The second-order valence-electron chi connectivity index (χ2n) is 4.38. The molecule has 110 valence electrons. The second kappa shape index (κ2) is 6.60. The predicted molar refractivity (Wildman–Crippen MR) is 78.1 cm³/mol. The number of furan rings is 1. The Kier molecular flexibility index (Phi) is 4.61. The number of hydrogen-bond donors (Lipinski definition) is 2. The molecule has 0 bridgehead atoms. The summed E-state index contributed by atoms with van der Waals surface area (Å²) in [7, 11) is 1.30. The number of nitrogens with one attached hydrogen (secondary N) is 2. The van der Waals surface area contributed by atoms with Gasteiger partial charge < -0.3 is 19.8 Å². The first-order valence-electron chi connectivity index (χ1n) is 6.36. The zero-order valence-corrected chi connectivity index (χ0v) is 11.8. The number of hydrogen-bond acceptors (Lipinski definition) is 5. The van der Waals surface area contributed by atoms with Crippen LogP contribution < -0.4 is 10.6 Å². The van der Waals surface area contributed by atoms with E-state index in [0.717, 1.165) is 5.69 Å². The second-order valence-corrected chi connectivity index (χ2v) is 4.38. The number of benzene rings is 1. The number of methoxy groups -OCH3 is 1. The van der Waals surface area contributed by atoms with Crippen LogP contribution in [0.3, 0.4) is 0 Å². The summed E-state index contributed by atoms with van der Waals surface area (Å²) in [6.07, 6.45) is 1.44. The third-order valence-corrected chi connectivity index (χ3v) is 2.78. The number of carbonyl (C=O) groups is 2. The highest BCUT2D eigenvalue weighted by Crippen LogP contribution is 2.18. The van der Waals surface area contributed by atoms with E-state index in [9.17, 15) is 9.59 Å². The molecule has 1 aromatic carbocycles. The fraction of sp³-hybridized carbons (Fsp3) is 0.200. The standard InChI is InChI=1S/C15H16N2O4/c1-10(18)17-13-5-3-4-12(8-13)16-9-11-6-7-21-14(11)15(19)20-2/h3-8,16H,9H2,1-2H3,(H,17,18). The SMILES string of the molecule is COC(=O)c1occc1CNc1cccc(NC(C)=O)c1. The minimum Gasteiger partial charge on any atom is -0.463 e. The van der Waals surface area contributed by atoms with Gasteiger partial charge in [0, 0.05) is 30.4 Å². The normalized spacial score (nSPS) is 10.0. The molecule has 6 heteroatoms. The van der Waals surface area contributed by atoms with Gasteiger partial charge >= 0.3 is 5.97 Å². The molecule has 0 radical (unpaired) electrons. The average Bonchev–Trinajstić information content (AvgIpc) is 2.92. The van der Waals surface area contributed by atoms with Crippen molar-refractivity contribution in [2.45, 2.75) is 13.5 Å². The van der Waals surface area contributed by atoms with E-state index in [4.69, 9.17) is 4.42 Å². The lowest BCUT2D eigenvalue weighted by Gasteiger charge is -2.08. The van der Waals surface area contributed by atoms with E-state index in [1.807, 2.05) is 12.1 Å². The van der Waals surface area contributed by atoms with Crippen molar-refractivity contribution in [2.75, 3.05) is 17.7 Å². The van der Waals surface area contributed by atoms with Gasteiger partial charge in [-0.3, -0.25) is 4.79 Å². The van der Waals surface area contributed by atoms with Crippen LogP contribution in [0.1, 0.15) is 23.0 Å². The molecule has 0 aliphatic rings. The molecule has 0 aliphatic carbocycles. The maximum atomic E-state index is 11.5. The third kappa shape index (κ3) is 3.85. The van der Waals surface area contributed by atoms with Crippen molar-refractivity contribution < 1.29 is 18.7 Å². The van der Waals surface area contributed by atoms with Crippen LogP contribution in [-0.4, -0.2) is 19.0 Å². The molecule has 0 spiro atoms. The Hall–Kier alpha value is -2.76. The summed E-state index contributed by atoms with van der Waals surface area (Å²) in [4.78, 5) is 22.5. The van der Waals surface area contributed by atoms with E-state index >= 15 is 0 Å². The van der Waals surface area contributed by atoms with Gasteiger partial charge in [0.15, 0.2) is 0 Å². The van der Waals surface area contributed by atoms with E-state index < -0.39 is 5.97 Å².